The number of hydrogen-bond acceptors (Lipinski definition) is 5. The number of benzene rings is 3. The Balaban J connectivity index is 1.77. The molecule has 0 bridgehead atoms. The lowest BCUT2D eigenvalue weighted by Crippen LogP contribution is -2.24. The third-order valence-electron chi connectivity index (χ3n) is 5.76. The molecular formula is C27H29FN4O3S. The number of nitrogens with zero attached hydrogens (tertiary/aromatic N) is 2. The lowest BCUT2D eigenvalue weighted by Gasteiger charge is -2.11. The lowest BCUT2D eigenvalue weighted by molar-refractivity contribution is 0.402. The van der Waals surface area contributed by atoms with Gasteiger partial charge >= 0.3 is 0 Å². The number of aromatic hydroxyl groups is 1. The van der Waals surface area contributed by atoms with Crippen LogP contribution >= 0.6 is 0 Å². The summed E-state index contributed by atoms with van der Waals surface area (Å²) in [5, 5.41) is 11.4. The first kappa shape index (κ1) is 25.6. The monoisotopic (exact) mass is 508 g/mol. The van der Waals surface area contributed by atoms with Gasteiger partial charge in [0.2, 0.25) is 10.0 Å². The van der Waals surface area contributed by atoms with Crippen LogP contribution in [0.15, 0.2) is 71.7 Å². The van der Waals surface area contributed by atoms with Gasteiger partial charge in [-0.25, -0.2) is 22.5 Å². The number of aromatic amines is 1. The largest absolute Gasteiger partial charge is 0.494 e. The molecule has 0 aliphatic rings. The molecule has 0 spiro atoms. The zero-order valence-electron chi connectivity index (χ0n) is 20.4. The van der Waals surface area contributed by atoms with Crippen LogP contribution < -0.4 is 4.72 Å². The molecule has 7 nitrogen and oxygen atoms in total. The summed E-state index contributed by atoms with van der Waals surface area (Å²) in [5.74, 6) is -0.516. The van der Waals surface area contributed by atoms with Gasteiger partial charge in [0.25, 0.3) is 0 Å². The predicted molar refractivity (Wildman–Crippen MR) is 142 cm³/mol. The van der Waals surface area contributed by atoms with Gasteiger partial charge in [0.15, 0.2) is 5.88 Å². The van der Waals surface area contributed by atoms with Crippen LogP contribution in [0.4, 0.5) is 10.1 Å². The second kappa shape index (κ2) is 10.6. The third-order valence-corrected chi connectivity index (χ3v) is 7.10. The van der Waals surface area contributed by atoms with Gasteiger partial charge in [-0.2, -0.15) is 0 Å². The minimum Gasteiger partial charge on any atom is -0.494 e. The molecule has 36 heavy (non-hydrogen) atoms. The van der Waals surface area contributed by atoms with Crippen molar-refractivity contribution in [3.63, 3.8) is 0 Å². The van der Waals surface area contributed by atoms with Gasteiger partial charge in [0, 0.05) is 24.0 Å². The summed E-state index contributed by atoms with van der Waals surface area (Å²) in [6.45, 7) is 2.56. The van der Waals surface area contributed by atoms with Crippen molar-refractivity contribution < 1.29 is 17.9 Å². The van der Waals surface area contributed by atoms with E-state index in [0.29, 0.717) is 27.9 Å². The highest BCUT2D eigenvalue weighted by Crippen LogP contribution is 2.32. The van der Waals surface area contributed by atoms with Crippen molar-refractivity contribution >= 4 is 32.3 Å². The number of fused-ring (bicyclic) bond motifs is 1. The van der Waals surface area contributed by atoms with Crippen LogP contribution in [0.5, 0.6) is 5.88 Å². The quantitative estimate of drug-likeness (QED) is 0.286. The van der Waals surface area contributed by atoms with Gasteiger partial charge < -0.3 is 15.0 Å². The van der Waals surface area contributed by atoms with E-state index in [9.17, 15) is 17.9 Å². The van der Waals surface area contributed by atoms with Gasteiger partial charge in [-0.05, 0) is 62.5 Å². The molecule has 0 amide bonds. The summed E-state index contributed by atoms with van der Waals surface area (Å²) >= 11 is 0. The molecule has 0 saturated heterocycles. The van der Waals surface area contributed by atoms with Crippen LogP contribution in [0.1, 0.15) is 29.2 Å². The topological polar surface area (TPSA) is 97.8 Å². The van der Waals surface area contributed by atoms with Crippen LogP contribution in [-0.2, 0) is 23.1 Å². The summed E-state index contributed by atoms with van der Waals surface area (Å²) in [4.78, 5) is 9.79. The minimum absolute atomic E-state index is 0.00958. The molecule has 3 N–H and O–H groups in total. The fraction of sp³-hybridized carbons (Fsp3) is 0.222. The molecule has 3 aromatic carbocycles. The first-order chi connectivity index (χ1) is 17.1. The van der Waals surface area contributed by atoms with E-state index in [-0.39, 0.29) is 18.2 Å². The van der Waals surface area contributed by atoms with Crippen LogP contribution in [0.3, 0.4) is 0 Å². The molecular weight excluding hydrogens is 479 g/mol. The van der Waals surface area contributed by atoms with E-state index in [1.807, 2.05) is 62.6 Å². The van der Waals surface area contributed by atoms with Crippen molar-refractivity contribution in [3.8, 4) is 5.88 Å². The van der Waals surface area contributed by atoms with E-state index in [1.165, 1.54) is 12.1 Å². The molecule has 4 aromatic rings. The number of rotatable bonds is 9. The number of aromatic nitrogens is 1. The number of aliphatic imine (C=N–C) groups is 1. The highest BCUT2D eigenvalue weighted by Gasteiger charge is 2.19. The Hall–Kier alpha value is -3.53. The molecule has 188 valence electrons. The SMILES string of the molecule is CCS(=O)(=O)NCc1ccc(C(=Nc2ccc(CN(C)C)cc2)c2c(O)[nH]c3cc(F)ccc23)cc1. The van der Waals surface area contributed by atoms with E-state index < -0.39 is 15.8 Å². The summed E-state index contributed by atoms with van der Waals surface area (Å²) in [6.07, 6.45) is 0. The fourth-order valence-electron chi connectivity index (χ4n) is 3.91. The van der Waals surface area contributed by atoms with Crippen molar-refractivity contribution in [1.29, 1.82) is 0 Å². The van der Waals surface area contributed by atoms with Crippen molar-refractivity contribution in [2.45, 2.75) is 20.0 Å². The van der Waals surface area contributed by atoms with Crippen LogP contribution in [0.25, 0.3) is 10.9 Å². The van der Waals surface area contributed by atoms with Gasteiger partial charge in [-0.1, -0.05) is 36.4 Å². The van der Waals surface area contributed by atoms with Crippen LogP contribution in [-0.4, -0.2) is 49.0 Å². The lowest BCUT2D eigenvalue weighted by atomic mass is 9.99. The first-order valence-corrected chi connectivity index (χ1v) is 13.2. The van der Waals surface area contributed by atoms with E-state index in [2.05, 4.69) is 14.6 Å². The molecule has 1 heterocycles. The molecule has 0 aliphatic heterocycles. The number of H-pyrrole nitrogens is 1. The minimum atomic E-state index is -3.31. The van der Waals surface area contributed by atoms with Gasteiger partial charge in [-0.3, -0.25) is 0 Å². The Morgan fingerprint density at radius 3 is 2.33 bits per heavy atom. The van der Waals surface area contributed by atoms with E-state index >= 15 is 0 Å². The van der Waals surface area contributed by atoms with E-state index in [4.69, 9.17) is 4.99 Å². The zero-order chi connectivity index (χ0) is 25.9. The highest BCUT2D eigenvalue weighted by molar-refractivity contribution is 7.89. The van der Waals surface area contributed by atoms with Crippen molar-refractivity contribution in [3.05, 3.63) is 94.8 Å². The Morgan fingerprint density at radius 2 is 1.69 bits per heavy atom. The van der Waals surface area contributed by atoms with E-state index in [1.54, 1.807) is 13.0 Å². The highest BCUT2D eigenvalue weighted by atomic mass is 32.2. The van der Waals surface area contributed by atoms with Gasteiger partial charge in [0.1, 0.15) is 5.82 Å². The Morgan fingerprint density at radius 1 is 1.03 bits per heavy atom. The molecule has 4 rings (SSSR count). The zero-order valence-corrected chi connectivity index (χ0v) is 21.2. The summed E-state index contributed by atoms with van der Waals surface area (Å²) in [5.41, 5.74) is 4.77. The standard InChI is InChI=1S/C27H29FN4O3S/c1-4-36(34,35)29-16-18-5-9-20(10-6-18)26(30-22-12-7-19(8-13-22)17-32(2)3)25-23-14-11-21(28)15-24(23)31-27(25)33/h5-15,29,31,33H,4,16-17H2,1-3H3. The maximum absolute atomic E-state index is 13.8. The predicted octanol–water partition coefficient (Wildman–Crippen LogP) is 4.68. The summed E-state index contributed by atoms with van der Waals surface area (Å²) < 4.78 is 39.9. The number of nitrogens with one attached hydrogen (secondary N) is 2. The Labute approximate surface area is 210 Å². The number of halogens is 1. The smallest absolute Gasteiger partial charge is 0.211 e. The molecule has 0 fully saturated rings. The molecule has 9 heteroatoms. The second-order valence-corrected chi connectivity index (χ2v) is 10.9. The maximum atomic E-state index is 13.8. The fourth-order valence-corrected chi connectivity index (χ4v) is 4.50. The van der Waals surface area contributed by atoms with Crippen LogP contribution in [0, 0.1) is 5.82 Å². The maximum Gasteiger partial charge on any atom is 0.211 e. The Bertz CT molecular complexity index is 1490. The van der Waals surface area contributed by atoms with Crippen molar-refractivity contribution in [1.82, 2.24) is 14.6 Å². The Kier molecular flexibility index (Phi) is 7.53. The molecule has 1 aromatic heterocycles. The molecule has 0 aliphatic carbocycles. The van der Waals surface area contributed by atoms with Gasteiger partial charge in [-0.15, -0.1) is 0 Å². The van der Waals surface area contributed by atoms with Crippen LogP contribution in [0.2, 0.25) is 0 Å². The number of hydrogen-bond donors (Lipinski definition) is 3. The molecule has 0 unspecified atom stereocenters. The molecule has 0 atom stereocenters. The first-order valence-electron chi connectivity index (χ1n) is 11.5. The molecule has 0 radical (unpaired) electrons. The second-order valence-electron chi connectivity index (χ2n) is 8.82. The summed E-state index contributed by atoms with van der Waals surface area (Å²) in [6, 6.07) is 19.4. The average Bonchev–Trinajstić information content (AvgIpc) is 3.17. The number of sulfonamides is 1. The van der Waals surface area contributed by atoms with E-state index in [0.717, 1.165) is 23.2 Å². The average molecular weight is 509 g/mol. The van der Waals surface area contributed by atoms with Crippen molar-refractivity contribution in [2.75, 3.05) is 19.8 Å². The van der Waals surface area contributed by atoms with Gasteiger partial charge in [0.05, 0.1) is 28.2 Å². The van der Waals surface area contributed by atoms with Crippen molar-refractivity contribution in [2.24, 2.45) is 4.99 Å². The third kappa shape index (κ3) is 5.99. The summed E-state index contributed by atoms with van der Waals surface area (Å²) in [7, 11) is 0.698. The normalized spacial score (nSPS) is 12.5. The molecule has 0 saturated carbocycles.